The van der Waals surface area contributed by atoms with Crippen molar-refractivity contribution in [3.63, 3.8) is 0 Å². The first-order valence-corrected chi connectivity index (χ1v) is 6.81. The summed E-state index contributed by atoms with van der Waals surface area (Å²) in [4.78, 5) is 22.6. The zero-order valence-electron chi connectivity index (χ0n) is 12.1. The van der Waals surface area contributed by atoms with Gasteiger partial charge in [0, 0.05) is 18.9 Å². The van der Waals surface area contributed by atoms with Crippen LogP contribution >= 0.6 is 0 Å². The fourth-order valence-corrected chi connectivity index (χ4v) is 2.06. The number of benzene rings is 1. The summed E-state index contributed by atoms with van der Waals surface area (Å²) >= 11 is 0. The molecule has 0 fully saturated rings. The van der Waals surface area contributed by atoms with Gasteiger partial charge in [-0.25, -0.2) is 13.6 Å². The molecule has 1 aromatic rings. The van der Waals surface area contributed by atoms with Gasteiger partial charge in [-0.2, -0.15) is 8.78 Å². The number of carbonyl (C=O) groups is 2. The largest absolute Gasteiger partial charge is 0.462 e. The highest BCUT2D eigenvalue weighted by Gasteiger charge is 2.32. The second-order valence-corrected chi connectivity index (χ2v) is 4.71. The van der Waals surface area contributed by atoms with Crippen molar-refractivity contribution in [1.29, 1.82) is 0 Å². The first-order chi connectivity index (χ1) is 10.9. The molecule has 1 aliphatic carbocycles. The van der Waals surface area contributed by atoms with Gasteiger partial charge in [-0.15, -0.1) is 0 Å². The Labute approximate surface area is 128 Å². The van der Waals surface area contributed by atoms with E-state index in [1.165, 1.54) is 6.92 Å². The lowest BCUT2D eigenvalue weighted by Gasteiger charge is -2.16. The number of halogens is 4. The summed E-state index contributed by atoms with van der Waals surface area (Å²) in [6.07, 6.45) is 1.84. The van der Waals surface area contributed by atoms with Crippen molar-refractivity contribution < 1.29 is 36.6 Å². The summed E-state index contributed by atoms with van der Waals surface area (Å²) in [6, 6.07) is 0. The van der Waals surface area contributed by atoms with E-state index in [0.717, 1.165) is 6.08 Å². The molecule has 0 amide bonds. The molecule has 0 atom stereocenters. The monoisotopic (exact) mass is 332 g/mol. The van der Waals surface area contributed by atoms with Crippen LogP contribution in [0.1, 0.15) is 36.5 Å². The Balaban J connectivity index is 2.46. The molecule has 0 N–H and O–H groups in total. The van der Waals surface area contributed by atoms with Crippen LogP contribution in [-0.4, -0.2) is 18.4 Å². The minimum Gasteiger partial charge on any atom is -0.462 e. The summed E-state index contributed by atoms with van der Waals surface area (Å²) < 4.78 is 64.7. The van der Waals surface area contributed by atoms with Crippen molar-refractivity contribution >= 4 is 11.8 Å². The summed E-state index contributed by atoms with van der Waals surface area (Å²) in [5.74, 6) is -10.9. The van der Waals surface area contributed by atoms with Gasteiger partial charge in [-0.1, -0.05) is 0 Å². The average molecular weight is 332 g/mol. The fraction of sp³-hybridized carbons (Fsp3) is 0.333. The first-order valence-electron chi connectivity index (χ1n) is 6.81. The van der Waals surface area contributed by atoms with E-state index in [0.29, 0.717) is 6.42 Å². The van der Waals surface area contributed by atoms with E-state index in [-0.39, 0.29) is 31.0 Å². The lowest BCUT2D eigenvalue weighted by Crippen LogP contribution is -2.16. The summed E-state index contributed by atoms with van der Waals surface area (Å²) in [6.45, 7) is 1.14. The van der Waals surface area contributed by atoms with E-state index >= 15 is 0 Å². The zero-order valence-corrected chi connectivity index (χ0v) is 12.1. The molecular weight excluding hydrogens is 320 g/mol. The molecule has 0 saturated carbocycles. The Morgan fingerprint density at radius 2 is 1.70 bits per heavy atom. The molecule has 8 heteroatoms. The Morgan fingerprint density at radius 3 is 2.22 bits per heavy atom. The van der Waals surface area contributed by atoms with Crippen LogP contribution in [0.5, 0.6) is 5.75 Å². The third kappa shape index (κ3) is 3.35. The molecule has 0 radical (unpaired) electrons. The molecule has 1 aliphatic rings. The molecule has 0 saturated heterocycles. The third-order valence-electron chi connectivity index (χ3n) is 3.10. The van der Waals surface area contributed by atoms with Gasteiger partial charge in [-0.3, -0.25) is 4.79 Å². The fourth-order valence-electron chi connectivity index (χ4n) is 2.06. The van der Waals surface area contributed by atoms with Crippen LogP contribution in [0.15, 0.2) is 11.8 Å². The van der Waals surface area contributed by atoms with Crippen LogP contribution < -0.4 is 4.74 Å². The molecular formula is C15H12F4O4. The van der Waals surface area contributed by atoms with Gasteiger partial charge in [0.05, 0.1) is 6.61 Å². The molecule has 0 aliphatic heterocycles. The van der Waals surface area contributed by atoms with Crippen molar-refractivity contribution in [3.8, 4) is 5.75 Å². The van der Waals surface area contributed by atoms with Crippen molar-refractivity contribution in [1.82, 2.24) is 0 Å². The highest BCUT2D eigenvalue weighted by atomic mass is 19.2. The maximum atomic E-state index is 13.9. The van der Waals surface area contributed by atoms with Gasteiger partial charge >= 0.3 is 5.97 Å². The Morgan fingerprint density at radius 1 is 1.09 bits per heavy atom. The number of carbonyl (C=O) groups excluding carboxylic acids is 2. The molecule has 0 bridgehead atoms. The van der Waals surface area contributed by atoms with Gasteiger partial charge in [0.1, 0.15) is 11.3 Å². The first kappa shape index (κ1) is 17.0. The number of allylic oxidation sites excluding steroid dienone is 2. The van der Waals surface area contributed by atoms with Gasteiger partial charge in [-0.05, 0) is 13.3 Å². The predicted octanol–water partition coefficient (Wildman–Crippen LogP) is 3.44. The number of rotatable bonds is 4. The van der Waals surface area contributed by atoms with Crippen LogP contribution in [0.4, 0.5) is 17.6 Å². The minimum atomic E-state index is -1.92. The minimum absolute atomic E-state index is 0.110. The maximum Gasteiger partial charge on any atom is 0.344 e. The lowest BCUT2D eigenvalue weighted by molar-refractivity contribution is -0.115. The predicted molar refractivity (Wildman–Crippen MR) is 69.8 cm³/mol. The highest BCUT2D eigenvalue weighted by molar-refractivity contribution is 5.91. The van der Waals surface area contributed by atoms with Gasteiger partial charge in [0.2, 0.25) is 17.4 Å². The van der Waals surface area contributed by atoms with Gasteiger partial charge in [0.15, 0.2) is 17.4 Å². The van der Waals surface area contributed by atoms with E-state index in [9.17, 15) is 27.2 Å². The highest BCUT2D eigenvalue weighted by Crippen LogP contribution is 2.33. The lowest BCUT2D eigenvalue weighted by atomic mass is 10.1. The number of ketones is 1. The Hall–Kier alpha value is -2.38. The number of hydrogen-bond acceptors (Lipinski definition) is 4. The summed E-state index contributed by atoms with van der Waals surface area (Å²) in [7, 11) is 0. The molecule has 124 valence electrons. The van der Waals surface area contributed by atoms with Crippen molar-refractivity contribution in [2.45, 2.75) is 26.2 Å². The quantitative estimate of drug-likeness (QED) is 0.481. The summed E-state index contributed by atoms with van der Waals surface area (Å²) in [5, 5.41) is 0. The average Bonchev–Trinajstić information content (AvgIpc) is 2.50. The van der Waals surface area contributed by atoms with Crippen molar-refractivity contribution in [2.75, 3.05) is 6.61 Å². The summed E-state index contributed by atoms with van der Waals surface area (Å²) in [5.41, 5.74) is -1.47. The third-order valence-corrected chi connectivity index (χ3v) is 3.10. The maximum absolute atomic E-state index is 13.9. The second-order valence-electron chi connectivity index (χ2n) is 4.71. The van der Waals surface area contributed by atoms with Crippen LogP contribution in [0.2, 0.25) is 0 Å². The normalized spacial score (nSPS) is 14.5. The zero-order chi connectivity index (χ0) is 17.1. The molecule has 0 heterocycles. The smallest absolute Gasteiger partial charge is 0.344 e. The van der Waals surface area contributed by atoms with E-state index in [2.05, 4.69) is 4.74 Å². The SMILES string of the molecule is CCOC(=O)c1c(F)c(F)c(OC2=CC(=O)CCC2)c(F)c1F. The Kier molecular flexibility index (Phi) is 5.02. The topological polar surface area (TPSA) is 52.6 Å². The van der Waals surface area contributed by atoms with Crippen LogP contribution in [0.25, 0.3) is 0 Å². The van der Waals surface area contributed by atoms with E-state index in [1.54, 1.807) is 0 Å². The van der Waals surface area contributed by atoms with Crippen LogP contribution in [0, 0.1) is 23.3 Å². The van der Waals surface area contributed by atoms with Crippen molar-refractivity contribution in [3.05, 3.63) is 40.7 Å². The van der Waals surface area contributed by atoms with Crippen LogP contribution in [-0.2, 0) is 9.53 Å². The molecule has 0 spiro atoms. The Bertz CT molecular complexity index is 668. The molecule has 0 aromatic heterocycles. The second kappa shape index (κ2) is 6.80. The molecule has 23 heavy (non-hydrogen) atoms. The van der Waals surface area contributed by atoms with E-state index < -0.39 is 40.6 Å². The molecule has 0 unspecified atom stereocenters. The van der Waals surface area contributed by atoms with E-state index in [4.69, 9.17) is 4.74 Å². The van der Waals surface area contributed by atoms with Crippen molar-refractivity contribution in [2.24, 2.45) is 0 Å². The molecule has 4 nitrogen and oxygen atoms in total. The van der Waals surface area contributed by atoms with Crippen LogP contribution in [0.3, 0.4) is 0 Å². The van der Waals surface area contributed by atoms with Gasteiger partial charge < -0.3 is 9.47 Å². The molecule has 1 aromatic carbocycles. The molecule has 2 rings (SSSR count). The standard InChI is InChI=1S/C15H12F4O4/c1-2-22-15(21)9-10(16)12(18)14(13(19)11(9)17)23-8-5-3-4-7(20)6-8/h6H,2-5H2,1H3. The van der Waals surface area contributed by atoms with E-state index in [1.807, 2.05) is 0 Å². The number of esters is 1. The van der Waals surface area contributed by atoms with Gasteiger partial charge in [0.25, 0.3) is 0 Å². The number of ether oxygens (including phenoxy) is 2. The number of hydrogen-bond donors (Lipinski definition) is 0.